The molecule has 1 heterocycles. The molecule has 9 heteroatoms. The minimum absolute atomic E-state index is 0.00505. The molecule has 2 fully saturated rings. The Morgan fingerprint density at radius 2 is 1.72 bits per heavy atom. The maximum Gasteiger partial charge on any atom is 0.392 e. The van der Waals surface area contributed by atoms with Gasteiger partial charge in [0.25, 0.3) is 0 Å². The number of rotatable bonds is 6. The number of nitrogens with zero attached hydrogens (tertiary/aromatic N) is 1. The molecule has 0 radical (unpaired) electrons. The van der Waals surface area contributed by atoms with Crippen molar-refractivity contribution in [3.8, 4) is 0 Å². The number of hydrogen-bond acceptors (Lipinski definition) is 4. The van der Waals surface area contributed by atoms with E-state index in [2.05, 4.69) is 6.92 Å². The molecule has 1 aromatic heterocycles. The van der Waals surface area contributed by atoms with Crippen molar-refractivity contribution in [1.82, 2.24) is 0 Å². The van der Waals surface area contributed by atoms with Crippen LogP contribution in [0.1, 0.15) is 92.1 Å². The van der Waals surface area contributed by atoms with Crippen LogP contribution in [-0.2, 0) is 9.53 Å². The number of allylic oxidation sites excluding steroid dienone is 2. The third-order valence-electron chi connectivity index (χ3n) is 8.30. The Hall–Kier alpha value is -1.87. The molecule has 0 aliphatic heterocycles. The molecule has 3 aliphatic carbocycles. The van der Waals surface area contributed by atoms with E-state index in [1.165, 1.54) is 0 Å². The van der Waals surface area contributed by atoms with E-state index in [0.717, 1.165) is 68.3 Å². The highest BCUT2D eigenvalue weighted by molar-refractivity contribution is 7.15. The zero-order valence-corrected chi connectivity index (χ0v) is 21.8. The van der Waals surface area contributed by atoms with Crippen LogP contribution >= 0.6 is 11.3 Å². The van der Waals surface area contributed by atoms with Crippen LogP contribution in [0, 0.1) is 17.8 Å². The van der Waals surface area contributed by atoms with E-state index in [-0.39, 0.29) is 48.1 Å². The summed E-state index contributed by atoms with van der Waals surface area (Å²) in [6.07, 6.45) is 4.28. The second kappa shape index (κ2) is 11.3. The van der Waals surface area contributed by atoms with Gasteiger partial charge in [-0.2, -0.15) is 13.2 Å². The highest BCUT2D eigenvalue weighted by atomic mass is 32.1. The highest BCUT2D eigenvalue weighted by Crippen LogP contribution is 2.44. The fourth-order valence-corrected chi connectivity index (χ4v) is 7.02. The first kappa shape index (κ1) is 27.2. The van der Waals surface area contributed by atoms with Crippen LogP contribution in [0.3, 0.4) is 0 Å². The largest absolute Gasteiger partial charge is 0.477 e. The van der Waals surface area contributed by atoms with Gasteiger partial charge in [-0.15, -0.1) is 11.3 Å². The first-order valence-electron chi connectivity index (χ1n) is 13.1. The van der Waals surface area contributed by atoms with E-state index in [9.17, 15) is 27.9 Å². The average molecular weight is 528 g/mol. The average Bonchev–Trinajstić information content (AvgIpc) is 3.30. The number of methoxy groups -OCH3 is 1. The van der Waals surface area contributed by atoms with Gasteiger partial charge in [0.05, 0.1) is 17.7 Å². The number of amides is 1. The quantitative estimate of drug-likeness (QED) is 0.421. The summed E-state index contributed by atoms with van der Waals surface area (Å²) in [5.41, 5.74) is 1.15. The fourth-order valence-electron chi connectivity index (χ4n) is 5.97. The lowest BCUT2D eigenvalue weighted by molar-refractivity contribution is -0.175. The number of aromatic carboxylic acids is 1. The summed E-state index contributed by atoms with van der Waals surface area (Å²) in [5, 5.41) is 10.1. The van der Waals surface area contributed by atoms with Crippen molar-refractivity contribution in [1.29, 1.82) is 0 Å². The van der Waals surface area contributed by atoms with Crippen molar-refractivity contribution in [3.63, 3.8) is 0 Å². The van der Waals surface area contributed by atoms with E-state index >= 15 is 0 Å². The monoisotopic (exact) mass is 527 g/mol. The van der Waals surface area contributed by atoms with E-state index < -0.39 is 18.1 Å². The van der Waals surface area contributed by atoms with Gasteiger partial charge in [0.15, 0.2) is 0 Å². The van der Waals surface area contributed by atoms with Gasteiger partial charge in [0.1, 0.15) is 4.88 Å². The number of carbonyl (C=O) groups excluding carboxylic acids is 1. The van der Waals surface area contributed by atoms with Gasteiger partial charge >= 0.3 is 12.1 Å². The topological polar surface area (TPSA) is 66.8 Å². The number of alkyl halides is 3. The molecular formula is C27H36F3NO4S. The van der Waals surface area contributed by atoms with Crippen molar-refractivity contribution in [2.24, 2.45) is 17.8 Å². The number of halogens is 3. The number of carbonyl (C=O) groups is 2. The van der Waals surface area contributed by atoms with E-state index in [0.29, 0.717) is 16.5 Å². The molecule has 1 aromatic rings. The van der Waals surface area contributed by atoms with Gasteiger partial charge in [0, 0.05) is 23.9 Å². The van der Waals surface area contributed by atoms with Crippen LogP contribution in [0.2, 0.25) is 0 Å². The molecule has 0 saturated heterocycles. The second-order valence-electron chi connectivity index (χ2n) is 10.7. The first-order valence-corrected chi connectivity index (χ1v) is 13.9. The molecule has 3 aliphatic rings. The smallest absolute Gasteiger partial charge is 0.392 e. The Bertz CT molecular complexity index is 972. The second-order valence-corrected chi connectivity index (χ2v) is 11.8. The molecule has 36 heavy (non-hydrogen) atoms. The van der Waals surface area contributed by atoms with Crippen molar-refractivity contribution in [2.75, 3.05) is 12.0 Å². The van der Waals surface area contributed by atoms with Crippen LogP contribution < -0.4 is 4.90 Å². The van der Waals surface area contributed by atoms with Crippen molar-refractivity contribution >= 4 is 34.5 Å². The van der Waals surface area contributed by atoms with Gasteiger partial charge in [-0.3, -0.25) is 4.79 Å². The van der Waals surface area contributed by atoms with Gasteiger partial charge in [-0.05, 0) is 88.2 Å². The maximum absolute atomic E-state index is 13.9. The van der Waals surface area contributed by atoms with Crippen LogP contribution in [-0.4, -0.2) is 42.4 Å². The maximum atomic E-state index is 13.9. The highest BCUT2D eigenvalue weighted by Gasteiger charge is 2.41. The molecule has 1 unspecified atom stereocenters. The number of carboxylic acid groups (broad SMARTS) is 1. The van der Waals surface area contributed by atoms with Gasteiger partial charge in [0.2, 0.25) is 5.91 Å². The molecule has 1 N–H and O–H groups in total. The molecule has 0 aromatic carbocycles. The molecule has 1 atom stereocenters. The van der Waals surface area contributed by atoms with Crippen molar-refractivity contribution in [3.05, 3.63) is 21.9 Å². The van der Waals surface area contributed by atoms with Crippen LogP contribution in [0.25, 0.3) is 5.57 Å². The summed E-state index contributed by atoms with van der Waals surface area (Å²) in [5.74, 6) is -2.02. The molecule has 5 nitrogen and oxygen atoms in total. The van der Waals surface area contributed by atoms with Crippen LogP contribution in [0.15, 0.2) is 12.1 Å². The van der Waals surface area contributed by atoms with E-state index in [4.69, 9.17) is 4.74 Å². The lowest BCUT2D eigenvalue weighted by Gasteiger charge is -2.39. The summed E-state index contributed by atoms with van der Waals surface area (Å²) in [6.45, 7) is 2.19. The molecule has 0 bridgehead atoms. The predicted molar refractivity (Wildman–Crippen MR) is 134 cm³/mol. The zero-order chi connectivity index (χ0) is 26.0. The van der Waals surface area contributed by atoms with E-state index in [1.54, 1.807) is 24.2 Å². The predicted octanol–water partition coefficient (Wildman–Crippen LogP) is 7.31. The summed E-state index contributed by atoms with van der Waals surface area (Å²) < 4.78 is 44.9. The SMILES string of the molecule is COC1CCC(N(C(=O)C2CCC(C)CC2)c2cc(C3=CCC(C(F)(F)F)CC3)sc2C(=O)O)CC1. The lowest BCUT2D eigenvalue weighted by Crippen LogP contribution is -2.47. The minimum Gasteiger partial charge on any atom is -0.477 e. The van der Waals surface area contributed by atoms with Gasteiger partial charge in [-0.25, -0.2) is 4.79 Å². The third-order valence-corrected chi connectivity index (χ3v) is 9.49. The number of hydrogen-bond donors (Lipinski definition) is 1. The standard InChI is InChI=1S/C27H36F3NO4S/c1-16-3-5-18(6-4-16)25(32)31(20-11-13-21(35-2)14-12-20)22-15-23(36-24(22)26(33)34)17-7-9-19(10-8-17)27(28,29)30/h7,15-16,18-21H,3-6,8-14H2,1-2H3,(H,33,34). The summed E-state index contributed by atoms with van der Waals surface area (Å²) in [7, 11) is 1.69. The summed E-state index contributed by atoms with van der Waals surface area (Å²) in [4.78, 5) is 28.7. The van der Waals surface area contributed by atoms with Gasteiger partial charge in [-0.1, -0.05) is 13.0 Å². The zero-order valence-electron chi connectivity index (χ0n) is 21.0. The van der Waals surface area contributed by atoms with Gasteiger partial charge < -0.3 is 14.7 Å². The number of ether oxygens (including phenoxy) is 1. The summed E-state index contributed by atoms with van der Waals surface area (Å²) in [6, 6.07) is 1.64. The number of thiophene rings is 1. The molecule has 200 valence electrons. The molecular weight excluding hydrogens is 491 g/mol. The lowest BCUT2D eigenvalue weighted by atomic mass is 9.81. The Morgan fingerprint density at radius 3 is 2.25 bits per heavy atom. The fraction of sp³-hybridized carbons (Fsp3) is 0.704. The number of carboxylic acids is 1. The molecule has 1 amide bonds. The Morgan fingerprint density at radius 1 is 1.06 bits per heavy atom. The Balaban J connectivity index is 1.66. The van der Waals surface area contributed by atoms with E-state index in [1.807, 2.05) is 0 Å². The van der Waals surface area contributed by atoms with Crippen LogP contribution in [0.5, 0.6) is 0 Å². The third kappa shape index (κ3) is 5.98. The molecule has 0 spiro atoms. The van der Waals surface area contributed by atoms with Crippen LogP contribution in [0.4, 0.5) is 18.9 Å². The normalized spacial score (nSPS) is 29.5. The first-order chi connectivity index (χ1) is 17.1. The Labute approximate surface area is 214 Å². The Kier molecular flexibility index (Phi) is 8.49. The minimum atomic E-state index is -4.23. The van der Waals surface area contributed by atoms with Crippen molar-refractivity contribution in [2.45, 2.75) is 95.9 Å². The summed E-state index contributed by atoms with van der Waals surface area (Å²) >= 11 is 1.08. The molecule has 4 rings (SSSR count). The molecule has 2 saturated carbocycles. The number of anilines is 1. The van der Waals surface area contributed by atoms with Crippen molar-refractivity contribution < 1.29 is 32.6 Å².